The molecule has 0 amide bonds. The van der Waals surface area contributed by atoms with E-state index in [9.17, 15) is 14.7 Å². The largest absolute Gasteiger partial charge is 0.394 e. The molecule has 110 valence electrons. The number of aromatic nitrogens is 2. The molecule has 0 bridgehead atoms. The van der Waals surface area contributed by atoms with Gasteiger partial charge in [-0.3, -0.25) is 14.3 Å². The molecule has 1 aliphatic heterocycles. The molecule has 2 heterocycles. The van der Waals surface area contributed by atoms with E-state index in [0.717, 1.165) is 0 Å². The molecule has 0 aromatic carbocycles. The normalized spacial score (nSPS) is 29.5. The maximum Gasteiger partial charge on any atom is 0.330 e. The average Bonchev–Trinajstić information content (AvgIpc) is 2.77. The van der Waals surface area contributed by atoms with E-state index in [1.807, 2.05) is 0 Å². The van der Waals surface area contributed by atoms with Crippen molar-refractivity contribution >= 4 is 0 Å². The lowest BCUT2D eigenvalue weighted by atomic mass is 9.94. The summed E-state index contributed by atoms with van der Waals surface area (Å²) in [6, 6.07) is 1.24. The van der Waals surface area contributed by atoms with E-state index in [2.05, 4.69) is 11.6 Å². The average molecular weight is 282 g/mol. The second-order valence-electron chi connectivity index (χ2n) is 4.65. The van der Waals surface area contributed by atoms with E-state index in [1.54, 1.807) is 6.08 Å². The third-order valence-electron chi connectivity index (χ3n) is 3.51. The molecular weight excluding hydrogens is 264 g/mol. The minimum absolute atomic E-state index is 0.105. The van der Waals surface area contributed by atoms with E-state index >= 15 is 0 Å². The zero-order valence-corrected chi connectivity index (χ0v) is 11.2. The quantitative estimate of drug-likeness (QED) is 0.719. The van der Waals surface area contributed by atoms with Crippen molar-refractivity contribution in [3.05, 3.63) is 45.8 Å². The molecule has 1 aliphatic rings. The number of methoxy groups -OCH3 is 1. The molecule has 1 aromatic rings. The van der Waals surface area contributed by atoms with Crippen LogP contribution < -0.4 is 11.2 Å². The molecule has 20 heavy (non-hydrogen) atoms. The van der Waals surface area contributed by atoms with Crippen LogP contribution >= 0.6 is 0 Å². The number of allylic oxidation sites excluding steroid dienone is 1. The summed E-state index contributed by atoms with van der Waals surface area (Å²) in [5.41, 5.74) is -1.04. The number of nitrogens with zero attached hydrogens (tertiary/aromatic N) is 1. The molecule has 1 saturated heterocycles. The molecule has 0 radical (unpaired) electrons. The van der Waals surface area contributed by atoms with Crippen molar-refractivity contribution in [3.8, 4) is 0 Å². The Kier molecular flexibility index (Phi) is 4.53. The van der Waals surface area contributed by atoms with Gasteiger partial charge in [-0.2, -0.15) is 0 Å². The SMILES string of the molecule is C=CC[C@H]1[C@@H](OC)[C@H](n2ccc(=O)[nH]c2=O)O[C@@H]1CO. The van der Waals surface area contributed by atoms with Crippen molar-refractivity contribution in [1.29, 1.82) is 0 Å². The van der Waals surface area contributed by atoms with Crippen LogP contribution in [0.2, 0.25) is 0 Å². The highest BCUT2D eigenvalue weighted by atomic mass is 16.6. The summed E-state index contributed by atoms with van der Waals surface area (Å²) in [5, 5.41) is 9.39. The zero-order valence-electron chi connectivity index (χ0n) is 11.2. The minimum atomic E-state index is -0.688. The predicted molar refractivity (Wildman–Crippen MR) is 71.4 cm³/mol. The van der Waals surface area contributed by atoms with Crippen LogP contribution in [0.5, 0.6) is 0 Å². The van der Waals surface area contributed by atoms with Crippen LogP contribution in [0.3, 0.4) is 0 Å². The van der Waals surface area contributed by atoms with E-state index in [0.29, 0.717) is 6.42 Å². The first kappa shape index (κ1) is 14.7. The molecule has 0 unspecified atom stereocenters. The van der Waals surface area contributed by atoms with E-state index in [-0.39, 0.29) is 12.5 Å². The highest BCUT2D eigenvalue weighted by molar-refractivity contribution is 4.95. The first-order valence-electron chi connectivity index (χ1n) is 6.33. The molecule has 1 fully saturated rings. The fourth-order valence-electron chi connectivity index (χ4n) is 2.58. The van der Waals surface area contributed by atoms with Crippen molar-refractivity contribution in [1.82, 2.24) is 9.55 Å². The second-order valence-corrected chi connectivity index (χ2v) is 4.65. The van der Waals surface area contributed by atoms with Crippen molar-refractivity contribution < 1.29 is 14.6 Å². The highest BCUT2D eigenvalue weighted by Crippen LogP contribution is 2.37. The standard InChI is InChI=1S/C13H18N2O5/c1-3-4-8-9(7-16)20-12(11(8)19-2)15-6-5-10(17)14-13(15)18/h3,5-6,8-9,11-12,16H,1,4,7H2,2H3,(H,14,17,18)/t8-,9-,11-,12-/m1/s1. The number of hydrogen-bond donors (Lipinski definition) is 2. The Morgan fingerprint density at radius 3 is 2.90 bits per heavy atom. The van der Waals surface area contributed by atoms with Crippen molar-refractivity contribution in [2.75, 3.05) is 13.7 Å². The van der Waals surface area contributed by atoms with Gasteiger partial charge in [0.05, 0.1) is 12.7 Å². The van der Waals surface area contributed by atoms with Crippen molar-refractivity contribution in [2.45, 2.75) is 24.9 Å². The Bertz CT molecular complexity index is 579. The number of ether oxygens (including phenoxy) is 2. The van der Waals surface area contributed by atoms with Crippen molar-refractivity contribution in [2.24, 2.45) is 5.92 Å². The molecular formula is C13H18N2O5. The number of aliphatic hydroxyl groups excluding tert-OH is 1. The maximum atomic E-state index is 11.8. The van der Waals surface area contributed by atoms with E-state index in [4.69, 9.17) is 9.47 Å². The summed E-state index contributed by atoms with van der Waals surface area (Å²) < 4.78 is 12.4. The maximum absolute atomic E-state index is 11.8. The van der Waals surface area contributed by atoms with Gasteiger partial charge in [0.15, 0.2) is 6.23 Å². The third-order valence-corrected chi connectivity index (χ3v) is 3.51. The van der Waals surface area contributed by atoms with E-state index in [1.165, 1.54) is 23.9 Å². The lowest BCUT2D eigenvalue weighted by Gasteiger charge is -2.22. The summed E-state index contributed by atoms with van der Waals surface area (Å²) in [7, 11) is 1.52. The van der Waals surface area contributed by atoms with Gasteiger partial charge in [0.1, 0.15) is 6.10 Å². The van der Waals surface area contributed by atoms with Crippen LogP contribution in [0.1, 0.15) is 12.6 Å². The first-order valence-corrected chi connectivity index (χ1v) is 6.33. The molecule has 4 atom stereocenters. The Labute approximate surface area is 115 Å². The van der Waals surface area contributed by atoms with Crippen LogP contribution in [-0.2, 0) is 9.47 Å². The van der Waals surface area contributed by atoms with Crippen LogP contribution in [0.15, 0.2) is 34.5 Å². The molecule has 7 heteroatoms. The Morgan fingerprint density at radius 2 is 2.35 bits per heavy atom. The Hall–Kier alpha value is -1.70. The lowest BCUT2D eigenvalue weighted by molar-refractivity contribution is -0.0625. The third kappa shape index (κ3) is 2.60. The van der Waals surface area contributed by atoms with Crippen LogP contribution in [0.25, 0.3) is 0 Å². The van der Waals surface area contributed by atoms with Crippen LogP contribution in [-0.4, -0.2) is 40.6 Å². The summed E-state index contributed by atoms with van der Waals surface area (Å²) in [4.78, 5) is 25.1. The van der Waals surface area contributed by atoms with Crippen LogP contribution in [0.4, 0.5) is 0 Å². The van der Waals surface area contributed by atoms with Crippen molar-refractivity contribution in [3.63, 3.8) is 0 Å². The van der Waals surface area contributed by atoms with Gasteiger partial charge in [-0.05, 0) is 6.42 Å². The molecule has 0 saturated carbocycles. The minimum Gasteiger partial charge on any atom is -0.394 e. The number of nitrogens with one attached hydrogen (secondary N) is 1. The topological polar surface area (TPSA) is 93.6 Å². The Balaban J connectivity index is 2.38. The molecule has 1 aromatic heterocycles. The molecule has 2 rings (SSSR count). The van der Waals surface area contributed by atoms with Gasteiger partial charge in [-0.25, -0.2) is 4.79 Å². The number of hydrogen-bond acceptors (Lipinski definition) is 5. The van der Waals surface area contributed by atoms with Gasteiger partial charge >= 0.3 is 5.69 Å². The predicted octanol–water partition coefficient (Wildman–Crippen LogP) is -0.366. The second kappa shape index (κ2) is 6.17. The zero-order chi connectivity index (χ0) is 14.7. The van der Waals surface area contributed by atoms with E-state index < -0.39 is 29.7 Å². The van der Waals surface area contributed by atoms with Gasteiger partial charge in [0.2, 0.25) is 0 Å². The van der Waals surface area contributed by atoms with Gasteiger partial charge in [0.25, 0.3) is 5.56 Å². The lowest BCUT2D eigenvalue weighted by Crippen LogP contribution is -2.36. The van der Waals surface area contributed by atoms with Gasteiger partial charge in [-0.1, -0.05) is 6.08 Å². The molecule has 2 N–H and O–H groups in total. The Morgan fingerprint density at radius 1 is 1.60 bits per heavy atom. The summed E-state index contributed by atoms with van der Waals surface area (Å²) in [6.45, 7) is 3.51. The molecule has 0 spiro atoms. The number of rotatable bonds is 5. The first-order chi connectivity index (χ1) is 9.62. The summed E-state index contributed by atoms with van der Waals surface area (Å²) in [5.74, 6) is -0.105. The number of aromatic amines is 1. The van der Waals surface area contributed by atoms with Gasteiger partial charge < -0.3 is 14.6 Å². The highest BCUT2D eigenvalue weighted by Gasteiger charge is 2.45. The summed E-state index contributed by atoms with van der Waals surface area (Å²) >= 11 is 0. The fourth-order valence-corrected chi connectivity index (χ4v) is 2.58. The summed E-state index contributed by atoms with van der Waals surface area (Å²) in [6.07, 6.45) is 2.14. The fraction of sp³-hybridized carbons (Fsp3) is 0.538. The molecule has 7 nitrogen and oxygen atoms in total. The smallest absolute Gasteiger partial charge is 0.330 e. The monoisotopic (exact) mass is 282 g/mol. The van der Waals surface area contributed by atoms with Crippen LogP contribution in [0, 0.1) is 5.92 Å². The number of aliphatic hydroxyl groups is 1. The molecule has 0 aliphatic carbocycles. The van der Waals surface area contributed by atoms with Gasteiger partial charge in [0, 0.05) is 25.3 Å². The number of H-pyrrole nitrogens is 1. The van der Waals surface area contributed by atoms with Gasteiger partial charge in [-0.15, -0.1) is 6.58 Å².